The number of hydrogen-bond donors (Lipinski definition) is 0. The molecule has 0 spiro atoms. The number of nitrogens with zero attached hydrogens (tertiary/aromatic N) is 1. The van der Waals surface area contributed by atoms with E-state index in [-0.39, 0.29) is 0 Å². The van der Waals surface area contributed by atoms with Crippen molar-refractivity contribution in [3.05, 3.63) is 33.8 Å². The summed E-state index contributed by atoms with van der Waals surface area (Å²) in [7, 11) is 0. The second-order valence-corrected chi connectivity index (χ2v) is 3.87. The molecule has 68 valence electrons. The van der Waals surface area contributed by atoms with E-state index in [1.807, 2.05) is 6.07 Å². The van der Waals surface area contributed by atoms with Crippen LogP contribution in [0.3, 0.4) is 0 Å². The van der Waals surface area contributed by atoms with Crippen LogP contribution in [0.25, 0.3) is 0 Å². The molecule has 1 aromatic rings. The van der Waals surface area contributed by atoms with Crippen molar-refractivity contribution in [2.45, 2.75) is 6.92 Å². The minimum Gasteiger partial charge on any atom is -0.475 e. The van der Waals surface area contributed by atoms with Gasteiger partial charge in [-0.15, -0.1) is 0 Å². The van der Waals surface area contributed by atoms with Gasteiger partial charge in [0.25, 0.3) is 0 Å². The fourth-order valence-electron chi connectivity index (χ4n) is 1.30. The minimum absolute atomic E-state index is 0.704. The molecule has 0 unspecified atom stereocenters. The molecule has 13 heavy (non-hydrogen) atoms. The van der Waals surface area contributed by atoms with E-state index in [1.54, 1.807) is 0 Å². The van der Waals surface area contributed by atoms with Crippen molar-refractivity contribution in [3.8, 4) is 0 Å². The van der Waals surface area contributed by atoms with Gasteiger partial charge in [0, 0.05) is 4.47 Å². The maximum Gasteiger partial charge on any atom is 0.217 e. The predicted octanol–water partition coefficient (Wildman–Crippen LogP) is 2.53. The summed E-state index contributed by atoms with van der Waals surface area (Å²) in [5, 5.41) is 0. The molecule has 0 atom stereocenters. The molecular formula is C10H10BrNO. The molecule has 2 rings (SSSR count). The Hall–Kier alpha value is -0.830. The standard InChI is InChI=1S/C10H10BrNO/c1-7-2-3-9(11)8(6-7)10-12-4-5-13-10/h2-3,6H,4-5H2,1H3. The van der Waals surface area contributed by atoms with Gasteiger partial charge in [-0.2, -0.15) is 0 Å². The van der Waals surface area contributed by atoms with Gasteiger partial charge in [0.15, 0.2) is 0 Å². The minimum atomic E-state index is 0.704. The van der Waals surface area contributed by atoms with Crippen molar-refractivity contribution >= 4 is 21.8 Å². The fraction of sp³-hybridized carbons (Fsp3) is 0.300. The summed E-state index contributed by atoms with van der Waals surface area (Å²) in [6.07, 6.45) is 0. The summed E-state index contributed by atoms with van der Waals surface area (Å²) in [5.41, 5.74) is 2.27. The second-order valence-electron chi connectivity index (χ2n) is 3.02. The van der Waals surface area contributed by atoms with Gasteiger partial charge in [-0.3, -0.25) is 0 Å². The molecule has 2 nitrogen and oxygen atoms in total. The van der Waals surface area contributed by atoms with Gasteiger partial charge in [0.05, 0.1) is 12.1 Å². The molecule has 1 heterocycles. The first-order chi connectivity index (χ1) is 6.27. The monoisotopic (exact) mass is 239 g/mol. The Labute approximate surface area is 85.8 Å². The van der Waals surface area contributed by atoms with E-state index in [0.29, 0.717) is 6.61 Å². The van der Waals surface area contributed by atoms with Crippen molar-refractivity contribution in [3.63, 3.8) is 0 Å². The van der Waals surface area contributed by atoms with Crippen LogP contribution in [0, 0.1) is 6.92 Å². The topological polar surface area (TPSA) is 21.6 Å². The van der Waals surface area contributed by atoms with Gasteiger partial charge in [0.1, 0.15) is 6.61 Å². The molecule has 0 aromatic heterocycles. The largest absolute Gasteiger partial charge is 0.475 e. The lowest BCUT2D eigenvalue weighted by atomic mass is 10.1. The summed E-state index contributed by atoms with van der Waals surface area (Å²) < 4.78 is 6.44. The third-order valence-electron chi connectivity index (χ3n) is 1.94. The third kappa shape index (κ3) is 1.75. The molecule has 0 amide bonds. The van der Waals surface area contributed by atoms with E-state index in [4.69, 9.17) is 4.74 Å². The number of halogens is 1. The molecule has 1 aliphatic heterocycles. The average molecular weight is 240 g/mol. The van der Waals surface area contributed by atoms with Crippen LogP contribution in [-0.4, -0.2) is 19.0 Å². The Bertz CT molecular complexity index is 360. The summed E-state index contributed by atoms with van der Waals surface area (Å²) in [6, 6.07) is 6.16. The summed E-state index contributed by atoms with van der Waals surface area (Å²) in [4.78, 5) is 4.27. The molecule has 0 bridgehead atoms. The van der Waals surface area contributed by atoms with Crippen LogP contribution in [-0.2, 0) is 4.74 Å². The first-order valence-corrected chi connectivity index (χ1v) is 5.00. The summed E-state index contributed by atoms with van der Waals surface area (Å²) in [6.45, 7) is 3.54. The van der Waals surface area contributed by atoms with Gasteiger partial charge < -0.3 is 4.74 Å². The highest BCUT2D eigenvalue weighted by molar-refractivity contribution is 9.10. The van der Waals surface area contributed by atoms with Crippen LogP contribution in [0.5, 0.6) is 0 Å². The zero-order valence-electron chi connectivity index (χ0n) is 7.38. The first kappa shape index (κ1) is 8.75. The van der Waals surface area contributed by atoms with Crippen molar-refractivity contribution in [2.24, 2.45) is 4.99 Å². The van der Waals surface area contributed by atoms with Crippen LogP contribution in [0.15, 0.2) is 27.7 Å². The van der Waals surface area contributed by atoms with E-state index < -0.39 is 0 Å². The first-order valence-electron chi connectivity index (χ1n) is 4.21. The van der Waals surface area contributed by atoms with E-state index in [2.05, 4.69) is 40.0 Å². The highest BCUT2D eigenvalue weighted by Crippen LogP contribution is 2.20. The van der Waals surface area contributed by atoms with Crippen molar-refractivity contribution < 1.29 is 4.74 Å². The van der Waals surface area contributed by atoms with E-state index in [9.17, 15) is 0 Å². The Kier molecular flexibility index (Phi) is 2.36. The highest BCUT2D eigenvalue weighted by Gasteiger charge is 2.13. The molecule has 0 saturated carbocycles. The zero-order valence-corrected chi connectivity index (χ0v) is 8.97. The molecule has 0 N–H and O–H groups in total. The van der Waals surface area contributed by atoms with Crippen LogP contribution in [0.2, 0.25) is 0 Å². The van der Waals surface area contributed by atoms with Crippen molar-refractivity contribution in [1.82, 2.24) is 0 Å². The summed E-state index contributed by atoms with van der Waals surface area (Å²) >= 11 is 3.48. The Morgan fingerprint density at radius 3 is 3.00 bits per heavy atom. The molecule has 0 aliphatic carbocycles. The third-order valence-corrected chi connectivity index (χ3v) is 2.63. The van der Waals surface area contributed by atoms with Gasteiger partial charge >= 0.3 is 0 Å². The Balaban J connectivity index is 2.43. The van der Waals surface area contributed by atoms with E-state index in [0.717, 1.165) is 22.5 Å². The van der Waals surface area contributed by atoms with E-state index >= 15 is 0 Å². The predicted molar refractivity (Wildman–Crippen MR) is 56.2 cm³/mol. The molecule has 0 saturated heterocycles. The molecular weight excluding hydrogens is 230 g/mol. The Morgan fingerprint density at radius 1 is 1.46 bits per heavy atom. The van der Waals surface area contributed by atoms with Crippen molar-refractivity contribution in [1.29, 1.82) is 0 Å². The smallest absolute Gasteiger partial charge is 0.217 e. The van der Waals surface area contributed by atoms with Gasteiger partial charge in [-0.05, 0) is 35.0 Å². The van der Waals surface area contributed by atoms with E-state index in [1.165, 1.54) is 5.56 Å². The molecule has 0 fully saturated rings. The lowest BCUT2D eigenvalue weighted by Crippen LogP contribution is -2.02. The van der Waals surface area contributed by atoms with Gasteiger partial charge in [0.2, 0.25) is 5.90 Å². The number of benzene rings is 1. The fourth-order valence-corrected chi connectivity index (χ4v) is 1.72. The average Bonchev–Trinajstić information content (AvgIpc) is 2.61. The quantitative estimate of drug-likeness (QED) is 0.739. The Morgan fingerprint density at radius 2 is 2.31 bits per heavy atom. The van der Waals surface area contributed by atoms with Crippen LogP contribution >= 0.6 is 15.9 Å². The second kappa shape index (κ2) is 3.50. The lowest BCUT2D eigenvalue weighted by molar-refractivity contribution is 0.348. The number of aliphatic imine (C=N–C) groups is 1. The SMILES string of the molecule is Cc1ccc(Br)c(C2=NCCO2)c1. The van der Waals surface area contributed by atoms with Crippen LogP contribution in [0.4, 0.5) is 0 Å². The maximum atomic E-state index is 5.39. The number of ether oxygens (including phenoxy) is 1. The van der Waals surface area contributed by atoms with Gasteiger partial charge in [-0.25, -0.2) is 4.99 Å². The number of rotatable bonds is 1. The molecule has 1 aromatic carbocycles. The number of aryl methyl sites for hydroxylation is 1. The van der Waals surface area contributed by atoms with Gasteiger partial charge in [-0.1, -0.05) is 11.6 Å². The normalized spacial score (nSPS) is 15.4. The molecule has 1 aliphatic rings. The molecule has 0 radical (unpaired) electrons. The number of hydrogen-bond acceptors (Lipinski definition) is 2. The van der Waals surface area contributed by atoms with Crippen molar-refractivity contribution in [2.75, 3.05) is 13.2 Å². The highest BCUT2D eigenvalue weighted by atomic mass is 79.9. The maximum absolute atomic E-state index is 5.39. The summed E-state index contributed by atoms with van der Waals surface area (Å²) in [5.74, 6) is 0.760. The lowest BCUT2D eigenvalue weighted by Gasteiger charge is -2.04. The molecule has 3 heteroatoms. The zero-order chi connectivity index (χ0) is 9.26. The van der Waals surface area contributed by atoms with Crippen LogP contribution in [0.1, 0.15) is 11.1 Å². The van der Waals surface area contributed by atoms with Crippen LogP contribution < -0.4 is 0 Å².